The molecule has 0 bridgehead atoms. The minimum Gasteiger partial charge on any atom is -0.487 e. The monoisotopic (exact) mass is 572 g/mol. The zero-order valence-corrected chi connectivity index (χ0v) is 23.2. The molecule has 3 aromatic carbocycles. The summed E-state index contributed by atoms with van der Waals surface area (Å²) in [5.41, 5.74) is 11.0. The highest BCUT2D eigenvalue weighted by Crippen LogP contribution is 2.48. The van der Waals surface area contributed by atoms with Gasteiger partial charge >= 0.3 is 0 Å². The van der Waals surface area contributed by atoms with Crippen molar-refractivity contribution in [3.63, 3.8) is 0 Å². The molecule has 1 unspecified atom stereocenters. The van der Waals surface area contributed by atoms with Crippen LogP contribution in [0.25, 0.3) is 0 Å². The minimum absolute atomic E-state index is 0.0520. The molecule has 41 heavy (non-hydrogen) atoms. The van der Waals surface area contributed by atoms with E-state index in [1.54, 1.807) is 18.2 Å². The van der Waals surface area contributed by atoms with Crippen LogP contribution in [-0.4, -0.2) is 10.7 Å². The van der Waals surface area contributed by atoms with Gasteiger partial charge in [0.05, 0.1) is 27.5 Å². The number of ketones is 1. The molecule has 10 heteroatoms. The zero-order valence-electron chi connectivity index (χ0n) is 22.4. The lowest BCUT2D eigenvalue weighted by Crippen LogP contribution is -2.39. The topological polar surface area (TPSA) is 122 Å². The number of para-hydroxylation sites is 2. The number of nitriles is 1. The highest BCUT2D eigenvalue weighted by Gasteiger charge is 2.42. The number of nitrogens with two attached hydrogens (primary N) is 1. The van der Waals surface area contributed by atoms with Crippen LogP contribution in [0.3, 0.4) is 0 Å². The van der Waals surface area contributed by atoms with E-state index in [-0.39, 0.29) is 40.2 Å². The Kier molecular flexibility index (Phi) is 7.52. The Labute approximate surface area is 241 Å². The highest BCUT2D eigenvalue weighted by molar-refractivity contribution is 6.32. The highest BCUT2D eigenvalue weighted by atomic mass is 35.5. The number of carbonyl (C=O) groups excluding carboxylic acids is 1. The smallest absolute Gasteiger partial charge is 0.293 e. The standard InChI is InChI=1S/C31H26ClFN4O4/c1-17-12-18(2)21(13-19(17)16-41-28-11-10-20(33)14-23(28)32)29-22(15-34)31(35)36(26-8-5-9-27(38)30(26)29)24-6-3-4-7-25(24)37(39)40/h3-4,6-7,10-14,29H,5,8-9,16,35H2,1-2H3. The first-order valence-electron chi connectivity index (χ1n) is 13.0. The van der Waals surface area contributed by atoms with Crippen LogP contribution >= 0.6 is 11.6 Å². The lowest BCUT2D eigenvalue weighted by molar-refractivity contribution is -0.384. The van der Waals surface area contributed by atoms with Crippen molar-refractivity contribution in [3.05, 3.63) is 120 Å². The quantitative estimate of drug-likeness (QED) is 0.252. The van der Waals surface area contributed by atoms with Gasteiger partial charge in [-0.2, -0.15) is 5.26 Å². The number of nitro benzene ring substituents is 1. The molecule has 2 N–H and O–H groups in total. The van der Waals surface area contributed by atoms with E-state index in [0.29, 0.717) is 41.8 Å². The van der Waals surface area contributed by atoms with Gasteiger partial charge in [0.2, 0.25) is 0 Å². The van der Waals surface area contributed by atoms with Gasteiger partial charge in [0.1, 0.15) is 29.7 Å². The van der Waals surface area contributed by atoms with Crippen LogP contribution in [-0.2, 0) is 11.4 Å². The lowest BCUT2D eigenvalue weighted by atomic mass is 9.74. The van der Waals surface area contributed by atoms with Crippen LogP contribution in [0, 0.1) is 41.1 Å². The first-order valence-corrected chi connectivity index (χ1v) is 13.4. The molecule has 8 nitrogen and oxygen atoms in total. The van der Waals surface area contributed by atoms with Crippen molar-refractivity contribution < 1.29 is 18.8 Å². The number of benzene rings is 3. The number of hydrogen-bond donors (Lipinski definition) is 1. The SMILES string of the molecule is Cc1cc(C)c(C2C(C#N)=C(N)N(c3ccccc3[N+](=O)[O-])C3=C2C(=O)CCC3)cc1COc1ccc(F)cc1Cl. The van der Waals surface area contributed by atoms with Gasteiger partial charge in [0.15, 0.2) is 5.78 Å². The Balaban J connectivity index is 1.65. The van der Waals surface area contributed by atoms with Crippen molar-refractivity contribution in [2.75, 3.05) is 4.90 Å². The predicted molar refractivity (Wildman–Crippen MR) is 153 cm³/mol. The second-order valence-electron chi connectivity index (χ2n) is 10.1. The molecule has 1 atom stereocenters. The number of halogens is 2. The molecule has 5 rings (SSSR count). The average molecular weight is 573 g/mol. The van der Waals surface area contributed by atoms with E-state index >= 15 is 0 Å². The first kappa shape index (κ1) is 27.9. The van der Waals surface area contributed by atoms with Gasteiger partial charge in [0, 0.05) is 23.8 Å². The molecule has 208 valence electrons. The molecule has 0 radical (unpaired) electrons. The van der Waals surface area contributed by atoms with Crippen molar-refractivity contribution >= 4 is 28.8 Å². The van der Waals surface area contributed by atoms with E-state index in [0.717, 1.165) is 16.7 Å². The Morgan fingerprint density at radius 1 is 1.17 bits per heavy atom. The van der Waals surface area contributed by atoms with Crippen molar-refractivity contribution in [1.82, 2.24) is 0 Å². The van der Waals surface area contributed by atoms with Crippen molar-refractivity contribution in [2.24, 2.45) is 5.73 Å². The number of Topliss-reactive ketones (excluding diaryl/α,β-unsaturated/α-hetero) is 1. The van der Waals surface area contributed by atoms with E-state index in [1.807, 2.05) is 26.0 Å². The lowest BCUT2D eigenvalue weighted by Gasteiger charge is -2.39. The maximum atomic E-state index is 13.6. The summed E-state index contributed by atoms with van der Waals surface area (Å²) in [5.74, 6) is -0.984. The van der Waals surface area contributed by atoms with Gasteiger partial charge in [-0.1, -0.05) is 35.9 Å². The molecule has 1 heterocycles. The number of ether oxygens (including phenoxy) is 1. The number of hydrogen-bond acceptors (Lipinski definition) is 7. The first-order chi connectivity index (χ1) is 19.6. The Morgan fingerprint density at radius 2 is 1.93 bits per heavy atom. The van der Waals surface area contributed by atoms with E-state index in [1.165, 1.54) is 29.2 Å². The molecule has 0 spiro atoms. The Morgan fingerprint density at radius 3 is 2.63 bits per heavy atom. The Bertz CT molecular complexity index is 1710. The van der Waals surface area contributed by atoms with Crippen molar-refractivity contribution in [1.29, 1.82) is 5.26 Å². The number of aryl methyl sites for hydroxylation is 2. The summed E-state index contributed by atoms with van der Waals surface area (Å²) in [5, 5.41) is 22.4. The van der Waals surface area contributed by atoms with Crippen molar-refractivity contribution in [3.8, 4) is 11.8 Å². The van der Waals surface area contributed by atoms with Crippen LogP contribution in [0.1, 0.15) is 47.4 Å². The summed E-state index contributed by atoms with van der Waals surface area (Å²) in [6.45, 7) is 3.93. The molecule has 0 saturated carbocycles. The van der Waals surface area contributed by atoms with Gasteiger partial charge in [0.25, 0.3) is 5.69 Å². The number of anilines is 1. The number of rotatable bonds is 6. The van der Waals surface area contributed by atoms with Crippen LogP contribution in [0.5, 0.6) is 5.75 Å². The maximum absolute atomic E-state index is 13.6. The fourth-order valence-corrected chi connectivity index (χ4v) is 5.83. The predicted octanol–water partition coefficient (Wildman–Crippen LogP) is 6.89. The van der Waals surface area contributed by atoms with E-state index in [9.17, 15) is 24.6 Å². The number of carbonyl (C=O) groups is 1. The molecular formula is C31H26ClFN4O4. The second kappa shape index (κ2) is 11.1. The Hall–Kier alpha value is -4.68. The summed E-state index contributed by atoms with van der Waals surface area (Å²) in [4.78, 5) is 26.4. The number of allylic oxidation sites excluding steroid dienone is 3. The van der Waals surface area contributed by atoms with E-state index in [4.69, 9.17) is 22.1 Å². The van der Waals surface area contributed by atoms with Gasteiger partial charge in [-0.25, -0.2) is 4.39 Å². The molecule has 0 amide bonds. The van der Waals surface area contributed by atoms with Crippen LogP contribution in [0.2, 0.25) is 5.02 Å². The average Bonchev–Trinajstić information content (AvgIpc) is 2.93. The molecule has 3 aromatic rings. The van der Waals surface area contributed by atoms with Crippen LogP contribution in [0.15, 0.2) is 77.3 Å². The summed E-state index contributed by atoms with van der Waals surface area (Å²) in [7, 11) is 0. The van der Waals surface area contributed by atoms with Crippen LogP contribution in [0.4, 0.5) is 15.8 Å². The molecule has 2 aliphatic rings. The molecule has 0 aromatic heterocycles. The third-order valence-electron chi connectivity index (χ3n) is 7.55. The fourth-order valence-electron chi connectivity index (χ4n) is 5.61. The molecule has 1 aliphatic carbocycles. The third kappa shape index (κ3) is 5.03. The van der Waals surface area contributed by atoms with Crippen LogP contribution < -0.4 is 15.4 Å². The maximum Gasteiger partial charge on any atom is 0.293 e. The van der Waals surface area contributed by atoms with Gasteiger partial charge in [-0.3, -0.25) is 19.8 Å². The van der Waals surface area contributed by atoms with E-state index in [2.05, 4.69) is 6.07 Å². The third-order valence-corrected chi connectivity index (χ3v) is 7.84. The minimum atomic E-state index is -0.754. The normalized spacial score (nSPS) is 16.9. The summed E-state index contributed by atoms with van der Waals surface area (Å²) < 4.78 is 19.4. The molecular weight excluding hydrogens is 547 g/mol. The molecule has 0 saturated heterocycles. The van der Waals surface area contributed by atoms with Gasteiger partial charge in [-0.05, 0) is 73.2 Å². The van der Waals surface area contributed by atoms with E-state index < -0.39 is 16.7 Å². The largest absolute Gasteiger partial charge is 0.487 e. The zero-order chi connectivity index (χ0) is 29.4. The number of nitrogens with zero attached hydrogens (tertiary/aromatic N) is 3. The van der Waals surface area contributed by atoms with Gasteiger partial charge < -0.3 is 10.5 Å². The number of nitro groups is 1. The summed E-state index contributed by atoms with van der Waals surface area (Å²) in [6.07, 6.45) is 1.32. The fraction of sp³-hybridized carbons (Fsp3) is 0.226. The summed E-state index contributed by atoms with van der Waals surface area (Å²) in [6, 6.07) is 16.1. The molecule has 0 fully saturated rings. The second-order valence-corrected chi connectivity index (χ2v) is 10.5. The van der Waals surface area contributed by atoms with Gasteiger partial charge in [-0.15, -0.1) is 0 Å². The molecule has 1 aliphatic heterocycles. The van der Waals surface area contributed by atoms with Crippen molar-refractivity contribution in [2.45, 2.75) is 45.6 Å². The summed E-state index contributed by atoms with van der Waals surface area (Å²) >= 11 is 6.14.